The van der Waals surface area contributed by atoms with Gasteiger partial charge in [0.15, 0.2) is 5.76 Å². The summed E-state index contributed by atoms with van der Waals surface area (Å²) in [5.41, 5.74) is 1.14. The molecule has 1 aliphatic rings. The van der Waals surface area contributed by atoms with Crippen molar-refractivity contribution >= 4 is 23.4 Å². The molecule has 0 unspecified atom stereocenters. The Morgan fingerprint density at radius 2 is 1.88 bits per heavy atom. The Kier molecular flexibility index (Phi) is 5.36. The lowest BCUT2D eigenvalue weighted by Gasteiger charge is -2.32. The molecule has 2 heterocycles. The smallest absolute Gasteiger partial charge is 0.287 e. The Bertz CT molecular complexity index is 793. The number of nitrogens with one attached hydrogen (secondary N) is 2. The van der Waals surface area contributed by atoms with E-state index in [1.165, 1.54) is 13.2 Å². The van der Waals surface area contributed by atoms with E-state index < -0.39 is 0 Å². The highest BCUT2D eigenvalue weighted by molar-refractivity contribution is 5.97. The van der Waals surface area contributed by atoms with E-state index in [1.807, 2.05) is 0 Å². The molecule has 1 saturated heterocycles. The van der Waals surface area contributed by atoms with E-state index in [0.717, 1.165) is 0 Å². The predicted molar refractivity (Wildman–Crippen MR) is 95.8 cm³/mol. The minimum atomic E-state index is -0.234. The highest BCUT2D eigenvalue weighted by Gasteiger charge is 2.25. The van der Waals surface area contributed by atoms with Crippen molar-refractivity contribution in [3.63, 3.8) is 0 Å². The van der Waals surface area contributed by atoms with Gasteiger partial charge in [-0.25, -0.2) is 0 Å². The number of benzene rings is 1. The lowest BCUT2D eigenvalue weighted by molar-refractivity contribution is -0.114. The summed E-state index contributed by atoms with van der Waals surface area (Å²) in [6.45, 7) is 2.55. The average Bonchev–Trinajstić information content (AvgIpc) is 3.16. The first-order valence-corrected chi connectivity index (χ1v) is 8.54. The molecule has 26 heavy (non-hydrogen) atoms. The second kappa shape index (κ2) is 7.86. The minimum Gasteiger partial charge on any atom is -0.459 e. The molecule has 136 valence electrons. The normalized spacial score (nSPS) is 14.7. The fraction of sp³-hybridized carbons (Fsp3) is 0.316. The van der Waals surface area contributed by atoms with Crippen molar-refractivity contribution in [2.45, 2.75) is 25.8 Å². The van der Waals surface area contributed by atoms with Crippen molar-refractivity contribution in [2.75, 3.05) is 18.4 Å². The first-order chi connectivity index (χ1) is 12.5. The van der Waals surface area contributed by atoms with Crippen LogP contribution in [0.4, 0.5) is 5.69 Å². The van der Waals surface area contributed by atoms with E-state index in [1.54, 1.807) is 41.3 Å². The van der Waals surface area contributed by atoms with Crippen molar-refractivity contribution in [1.29, 1.82) is 0 Å². The summed E-state index contributed by atoms with van der Waals surface area (Å²) >= 11 is 0. The maximum atomic E-state index is 12.7. The zero-order valence-corrected chi connectivity index (χ0v) is 14.5. The molecule has 3 amide bonds. The van der Waals surface area contributed by atoms with Crippen LogP contribution in [-0.4, -0.2) is 41.8 Å². The number of anilines is 1. The van der Waals surface area contributed by atoms with Gasteiger partial charge in [-0.05, 0) is 43.2 Å². The highest BCUT2D eigenvalue weighted by atomic mass is 16.3. The molecule has 1 aromatic heterocycles. The SMILES string of the molecule is CC(=O)Nc1cccc(C(=O)N2CCC(NC(=O)c3ccco3)CC2)c1. The molecule has 3 rings (SSSR count). The first-order valence-electron chi connectivity index (χ1n) is 8.54. The lowest BCUT2D eigenvalue weighted by atomic mass is 10.0. The van der Waals surface area contributed by atoms with Gasteiger partial charge >= 0.3 is 0 Å². The quantitative estimate of drug-likeness (QED) is 0.880. The number of likely N-dealkylation sites (tertiary alicyclic amines) is 1. The molecule has 2 aromatic rings. The minimum absolute atomic E-state index is 0.0161. The Labute approximate surface area is 151 Å². The number of carbonyl (C=O) groups is 3. The van der Waals surface area contributed by atoms with E-state index in [9.17, 15) is 14.4 Å². The van der Waals surface area contributed by atoms with Crippen LogP contribution < -0.4 is 10.6 Å². The molecule has 1 aromatic carbocycles. The number of furan rings is 1. The predicted octanol–water partition coefficient (Wildman–Crippen LogP) is 2.27. The standard InChI is InChI=1S/C19H21N3O4/c1-13(23)20-16-5-2-4-14(12-16)19(25)22-9-7-15(8-10-22)21-18(24)17-6-3-11-26-17/h2-6,11-12,15H,7-10H2,1H3,(H,20,23)(H,21,24). The third-order valence-corrected chi connectivity index (χ3v) is 4.29. The van der Waals surface area contributed by atoms with Crippen LogP contribution in [0.5, 0.6) is 0 Å². The summed E-state index contributed by atoms with van der Waals surface area (Å²) in [5.74, 6) is -0.197. The van der Waals surface area contributed by atoms with E-state index in [0.29, 0.717) is 42.9 Å². The van der Waals surface area contributed by atoms with Gasteiger partial charge < -0.3 is 20.0 Å². The fourth-order valence-electron chi connectivity index (χ4n) is 3.01. The number of hydrogen-bond donors (Lipinski definition) is 2. The van der Waals surface area contributed by atoms with Crippen molar-refractivity contribution in [3.05, 3.63) is 54.0 Å². The van der Waals surface area contributed by atoms with Gasteiger partial charge in [-0.1, -0.05) is 6.07 Å². The zero-order valence-electron chi connectivity index (χ0n) is 14.5. The Hall–Kier alpha value is -3.09. The molecule has 1 fully saturated rings. The maximum Gasteiger partial charge on any atom is 0.287 e. The first kappa shape index (κ1) is 17.7. The summed E-state index contributed by atoms with van der Waals surface area (Å²) in [4.78, 5) is 37.6. The Balaban J connectivity index is 1.55. The van der Waals surface area contributed by atoms with Crippen molar-refractivity contribution in [3.8, 4) is 0 Å². The summed E-state index contributed by atoms with van der Waals surface area (Å²) in [7, 11) is 0. The highest BCUT2D eigenvalue weighted by Crippen LogP contribution is 2.17. The lowest BCUT2D eigenvalue weighted by Crippen LogP contribution is -2.46. The third-order valence-electron chi connectivity index (χ3n) is 4.29. The van der Waals surface area contributed by atoms with Gasteiger partial charge in [0, 0.05) is 37.3 Å². The zero-order chi connectivity index (χ0) is 18.5. The third kappa shape index (κ3) is 4.30. The van der Waals surface area contributed by atoms with Crippen LogP contribution in [0.15, 0.2) is 47.1 Å². The number of rotatable bonds is 4. The summed E-state index contributed by atoms with van der Waals surface area (Å²) in [6, 6.07) is 10.2. The molecule has 0 saturated carbocycles. The van der Waals surface area contributed by atoms with Gasteiger partial charge in [-0.3, -0.25) is 14.4 Å². The van der Waals surface area contributed by atoms with E-state index >= 15 is 0 Å². The van der Waals surface area contributed by atoms with Gasteiger partial charge in [0.05, 0.1) is 6.26 Å². The number of nitrogens with zero attached hydrogens (tertiary/aromatic N) is 1. The Morgan fingerprint density at radius 3 is 2.54 bits per heavy atom. The summed E-state index contributed by atoms with van der Waals surface area (Å²) in [5, 5.41) is 5.61. The molecule has 2 N–H and O–H groups in total. The van der Waals surface area contributed by atoms with Gasteiger partial charge in [-0.15, -0.1) is 0 Å². The van der Waals surface area contributed by atoms with Crippen LogP contribution in [0.25, 0.3) is 0 Å². The van der Waals surface area contributed by atoms with E-state index in [-0.39, 0.29) is 23.8 Å². The molecule has 7 nitrogen and oxygen atoms in total. The topological polar surface area (TPSA) is 91.7 Å². The second-order valence-electron chi connectivity index (χ2n) is 6.28. The second-order valence-corrected chi connectivity index (χ2v) is 6.28. The largest absolute Gasteiger partial charge is 0.459 e. The average molecular weight is 355 g/mol. The molecular weight excluding hydrogens is 334 g/mol. The van der Waals surface area contributed by atoms with Crippen LogP contribution in [0, 0.1) is 0 Å². The van der Waals surface area contributed by atoms with Crippen LogP contribution >= 0.6 is 0 Å². The van der Waals surface area contributed by atoms with Crippen LogP contribution in [-0.2, 0) is 4.79 Å². The van der Waals surface area contributed by atoms with Gasteiger partial charge in [0.25, 0.3) is 11.8 Å². The number of hydrogen-bond acceptors (Lipinski definition) is 4. The summed E-state index contributed by atoms with van der Waals surface area (Å²) < 4.78 is 5.09. The van der Waals surface area contributed by atoms with Crippen LogP contribution in [0.1, 0.15) is 40.7 Å². The molecule has 0 bridgehead atoms. The van der Waals surface area contributed by atoms with E-state index in [4.69, 9.17) is 4.42 Å². The molecule has 0 radical (unpaired) electrons. The number of carbonyl (C=O) groups excluding carboxylic acids is 3. The van der Waals surface area contributed by atoms with Gasteiger partial charge in [0.1, 0.15) is 0 Å². The monoisotopic (exact) mass is 355 g/mol. The number of amides is 3. The fourth-order valence-corrected chi connectivity index (χ4v) is 3.01. The van der Waals surface area contributed by atoms with Crippen molar-refractivity contribution < 1.29 is 18.8 Å². The molecule has 0 aliphatic carbocycles. The van der Waals surface area contributed by atoms with E-state index in [2.05, 4.69) is 10.6 Å². The van der Waals surface area contributed by atoms with Gasteiger partial charge in [0.2, 0.25) is 5.91 Å². The molecular formula is C19H21N3O4. The Morgan fingerprint density at radius 1 is 1.12 bits per heavy atom. The van der Waals surface area contributed by atoms with Crippen molar-refractivity contribution in [2.24, 2.45) is 0 Å². The molecule has 7 heteroatoms. The van der Waals surface area contributed by atoms with Crippen molar-refractivity contribution in [1.82, 2.24) is 10.2 Å². The molecule has 1 aliphatic heterocycles. The van der Waals surface area contributed by atoms with Gasteiger partial charge in [-0.2, -0.15) is 0 Å². The molecule has 0 atom stereocenters. The number of piperidine rings is 1. The summed E-state index contributed by atoms with van der Waals surface area (Å²) in [6.07, 6.45) is 2.83. The molecule has 0 spiro atoms. The van der Waals surface area contributed by atoms with Crippen LogP contribution in [0.3, 0.4) is 0 Å². The maximum absolute atomic E-state index is 12.7. The van der Waals surface area contributed by atoms with Crippen LogP contribution in [0.2, 0.25) is 0 Å².